The van der Waals surface area contributed by atoms with E-state index in [1.165, 1.54) is 0 Å². The van der Waals surface area contributed by atoms with E-state index in [1.807, 2.05) is 10.8 Å². The SMILES string of the molecule is CC(=O)c1cn2c(n1)CNCC2. The number of rotatable bonds is 1. The fourth-order valence-corrected chi connectivity index (χ4v) is 1.36. The second-order valence-corrected chi connectivity index (χ2v) is 2.97. The quantitative estimate of drug-likeness (QED) is 0.604. The molecule has 0 spiro atoms. The topological polar surface area (TPSA) is 46.9 Å². The molecule has 0 saturated heterocycles. The van der Waals surface area contributed by atoms with Crippen molar-refractivity contribution >= 4 is 5.78 Å². The Balaban J connectivity index is 2.38. The van der Waals surface area contributed by atoms with Gasteiger partial charge >= 0.3 is 0 Å². The van der Waals surface area contributed by atoms with Crippen LogP contribution in [0.2, 0.25) is 0 Å². The van der Waals surface area contributed by atoms with Gasteiger partial charge in [-0.1, -0.05) is 0 Å². The highest BCUT2D eigenvalue weighted by Gasteiger charge is 2.13. The Labute approximate surface area is 70.6 Å². The third-order valence-electron chi connectivity index (χ3n) is 2.03. The first kappa shape index (κ1) is 7.49. The van der Waals surface area contributed by atoms with Gasteiger partial charge in [0.2, 0.25) is 0 Å². The molecule has 1 aromatic rings. The van der Waals surface area contributed by atoms with Gasteiger partial charge in [0.15, 0.2) is 5.78 Å². The molecule has 0 unspecified atom stereocenters. The summed E-state index contributed by atoms with van der Waals surface area (Å²) in [7, 11) is 0. The zero-order valence-electron chi connectivity index (χ0n) is 7.00. The average molecular weight is 165 g/mol. The van der Waals surface area contributed by atoms with Crippen molar-refractivity contribution in [2.75, 3.05) is 6.54 Å². The lowest BCUT2D eigenvalue weighted by atomic mass is 10.3. The van der Waals surface area contributed by atoms with Crippen molar-refractivity contribution in [1.29, 1.82) is 0 Å². The number of nitrogens with zero attached hydrogens (tertiary/aromatic N) is 2. The molecule has 1 aromatic heterocycles. The minimum Gasteiger partial charge on any atom is -0.332 e. The molecule has 0 fully saturated rings. The van der Waals surface area contributed by atoms with E-state index in [0.717, 1.165) is 25.5 Å². The molecule has 1 aliphatic heterocycles. The minimum absolute atomic E-state index is 0.0388. The van der Waals surface area contributed by atoms with Crippen molar-refractivity contribution in [2.45, 2.75) is 20.0 Å². The van der Waals surface area contributed by atoms with Gasteiger partial charge in [0.05, 0.1) is 6.54 Å². The summed E-state index contributed by atoms with van der Waals surface area (Å²) in [6.07, 6.45) is 1.83. The molecule has 2 rings (SSSR count). The Morgan fingerprint density at radius 1 is 1.75 bits per heavy atom. The number of hydrogen-bond donors (Lipinski definition) is 1. The molecular weight excluding hydrogens is 154 g/mol. The Bertz CT molecular complexity index is 293. The molecule has 0 amide bonds. The zero-order valence-corrected chi connectivity index (χ0v) is 7.00. The van der Waals surface area contributed by atoms with Crippen LogP contribution < -0.4 is 5.32 Å². The van der Waals surface area contributed by atoms with Crippen LogP contribution in [0.5, 0.6) is 0 Å². The fourth-order valence-electron chi connectivity index (χ4n) is 1.36. The van der Waals surface area contributed by atoms with E-state index in [-0.39, 0.29) is 5.78 Å². The summed E-state index contributed by atoms with van der Waals surface area (Å²) in [6.45, 7) is 4.19. The average Bonchev–Trinajstić information content (AvgIpc) is 2.46. The van der Waals surface area contributed by atoms with Crippen LogP contribution in [0.25, 0.3) is 0 Å². The van der Waals surface area contributed by atoms with E-state index in [4.69, 9.17) is 0 Å². The van der Waals surface area contributed by atoms with Gasteiger partial charge in [0.25, 0.3) is 0 Å². The maximum atomic E-state index is 11.0. The Kier molecular flexibility index (Phi) is 1.69. The van der Waals surface area contributed by atoms with Crippen LogP contribution >= 0.6 is 0 Å². The summed E-state index contributed by atoms with van der Waals surface area (Å²) in [5, 5.41) is 3.20. The van der Waals surface area contributed by atoms with E-state index in [1.54, 1.807) is 6.92 Å². The molecule has 12 heavy (non-hydrogen) atoms. The van der Waals surface area contributed by atoms with Gasteiger partial charge in [-0.3, -0.25) is 4.79 Å². The largest absolute Gasteiger partial charge is 0.332 e. The lowest BCUT2D eigenvalue weighted by Gasteiger charge is -2.13. The third-order valence-corrected chi connectivity index (χ3v) is 2.03. The minimum atomic E-state index is 0.0388. The maximum absolute atomic E-state index is 11.0. The smallest absolute Gasteiger partial charge is 0.179 e. The molecule has 4 heteroatoms. The van der Waals surface area contributed by atoms with Gasteiger partial charge in [-0.2, -0.15) is 0 Å². The molecule has 0 aromatic carbocycles. The van der Waals surface area contributed by atoms with Gasteiger partial charge in [0, 0.05) is 26.2 Å². The number of ketones is 1. The summed E-state index contributed by atoms with van der Waals surface area (Å²) < 4.78 is 2.03. The monoisotopic (exact) mass is 165 g/mol. The van der Waals surface area contributed by atoms with Crippen LogP contribution in [0.4, 0.5) is 0 Å². The number of carbonyl (C=O) groups excluding carboxylic acids is 1. The molecule has 1 aliphatic rings. The first-order chi connectivity index (χ1) is 5.77. The fraction of sp³-hybridized carbons (Fsp3) is 0.500. The molecule has 4 nitrogen and oxygen atoms in total. The predicted octanol–water partition coefficient (Wildman–Crippen LogP) is 0.189. The van der Waals surface area contributed by atoms with Gasteiger partial charge in [-0.05, 0) is 0 Å². The van der Waals surface area contributed by atoms with Gasteiger partial charge in [0.1, 0.15) is 11.5 Å². The molecule has 0 radical (unpaired) electrons. The van der Waals surface area contributed by atoms with Crippen molar-refractivity contribution in [3.63, 3.8) is 0 Å². The predicted molar refractivity (Wildman–Crippen MR) is 43.9 cm³/mol. The van der Waals surface area contributed by atoms with Crippen LogP contribution in [-0.4, -0.2) is 21.9 Å². The number of hydrogen-bond acceptors (Lipinski definition) is 3. The van der Waals surface area contributed by atoms with Crippen LogP contribution in [0.15, 0.2) is 6.20 Å². The zero-order chi connectivity index (χ0) is 8.55. The second kappa shape index (κ2) is 2.71. The highest BCUT2D eigenvalue weighted by molar-refractivity contribution is 5.91. The van der Waals surface area contributed by atoms with Crippen LogP contribution in [-0.2, 0) is 13.1 Å². The Hall–Kier alpha value is -1.16. The number of Topliss-reactive ketones (excluding diaryl/α,β-unsaturated/α-hetero) is 1. The van der Waals surface area contributed by atoms with Crippen LogP contribution in [0.3, 0.4) is 0 Å². The van der Waals surface area contributed by atoms with Crippen molar-refractivity contribution in [3.8, 4) is 0 Å². The molecule has 0 atom stereocenters. The lowest BCUT2D eigenvalue weighted by Crippen LogP contribution is -2.27. The van der Waals surface area contributed by atoms with Gasteiger partial charge in [-0.25, -0.2) is 4.98 Å². The molecule has 0 bridgehead atoms. The standard InChI is InChI=1S/C8H11N3O/c1-6(12)7-5-11-3-2-9-4-8(11)10-7/h5,9H,2-4H2,1H3. The van der Waals surface area contributed by atoms with E-state index in [9.17, 15) is 4.79 Å². The van der Waals surface area contributed by atoms with E-state index in [0.29, 0.717) is 5.69 Å². The summed E-state index contributed by atoms with van der Waals surface area (Å²) in [6, 6.07) is 0. The third kappa shape index (κ3) is 1.14. The number of imidazole rings is 1. The molecule has 2 heterocycles. The molecular formula is C8H11N3O. The maximum Gasteiger partial charge on any atom is 0.179 e. The van der Waals surface area contributed by atoms with E-state index < -0.39 is 0 Å². The highest BCUT2D eigenvalue weighted by Crippen LogP contribution is 2.06. The molecule has 1 N–H and O–H groups in total. The lowest BCUT2D eigenvalue weighted by molar-refractivity contribution is 0.101. The van der Waals surface area contributed by atoms with E-state index in [2.05, 4.69) is 10.3 Å². The van der Waals surface area contributed by atoms with Crippen molar-refractivity contribution in [1.82, 2.24) is 14.9 Å². The van der Waals surface area contributed by atoms with Gasteiger partial charge < -0.3 is 9.88 Å². The summed E-state index contributed by atoms with van der Waals surface area (Å²) in [4.78, 5) is 15.2. The number of fused-ring (bicyclic) bond motifs is 1. The molecule has 0 saturated carbocycles. The first-order valence-corrected chi connectivity index (χ1v) is 4.05. The Morgan fingerprint density at radius 3 is 3.25 bits per heavy atom. The normalized spacial score (nSPS) is 15.8. The van der Waals surface area contributed by atoms with Crippen LogP contribution in [0, 0.1) is 0 Å². The second-order valence-electron chi connectivity index (χ2n) is 2.97. The van der Waals surface area contributed by atoms with Crippen molar-refractivity contribution < 1.29 is 4.79 Å². The summed E-state index contributed by atoms with van der Waals surface area (Å²) >= 11 is 0. The Morgan fingerprint density at radius 2 is 2.58 bits per heavy atom. The van der Waals surface area contributed by atoms with E-state index >= 15 is 0 Å². The highest BCUT2D eigenvalue weighted by atomic mass is 16.1. The summed E-state index contributed by atoms with van der Waals surface area (Å²) in [5.74, 6) is 1.00. The van der Waals surface area contributed by atoms with Crippen molar-refractivity contribution in [3.05, 3.63) is 17.7 Å². The molecule has 0 aliphatic carbocycles. The van der Waals surface area contributed by atoms with Gasteiger partial charge in [-0.15, -0.1) is 0 Å². The van der Waals surface area contributed by atoms with Crippen LogP contribution in [0.1, 0.15) is 23.2 Å². The number of nitrogens with one attached hydrogen (secondary N) is 1. The number of carbonyl (C=O) groups is 1. The summed E-state index contributed by atoms with van der Waals surface area (Å²) in [5.41, 5.74) is 0.578. The molecule has 64 valence electrons. The van der Waals surface area contributed by atoms with Crippen molar-refractivity contribution in [2.24, 2.45) is 0 Å². The number of aromatic nitrogens is 2. The first-order valence-electron chi connectivity index (χ1n) is 4.05.